The highest BCUT2D eigenvalue weighted by molar-refractivity contribution is 7.07. The molecule has 1 fully saturated rings. The Bertz CT molecular complexity index is 304. The average molecular weight is 239 g/mol. The van der Waals surface area contributed by atoms with Gasteiger partial charge in [-0.25, -0.2) is 4.98 Å². The number of nitrogens with one attached hydrogen (secondary N) is 1. The van der Waals surface area contributed by atoms with Gasteiger partial charge in [-0.1, -0.05) is 6.92 Å². The first-order valence-electron chi connectivity index (χ1n) is 6.00. The average Bonchev–Trinajstić information content (AvgIpc) is 2.90. The van der Waals surface area contributed by atoms with E-state index in [4.69, 9.17) is 0 Å². The molecular weight excluding hydrogens is 218 g/mol. The summed E-state index contributed by atoms with van der Waals surface area (Å²) in [5.74, 6) is 0. The zero-order valence-electron chi connectivity index (χ0n) is 10.2. The molecule has 16 heavy (non-hydrogen) atoms. The molecule has 4 heteroatoms. The van der Waals surface area contributed by atoms with E-state index in [9.17, 15) is 0 Å². The lowest BCUT2D eigenvalue weighted by Crippen LogP contribution is -2.36. The smallest absolute Gasteiger partial charge is 0.0795 e. The Kier molecular flexibility index (Phi) is 3.95. The van der Waals surface area contributed by atoms with Crippen LogP contribution in [0, 0.1) is 5.41 Å². The minimum absolute atomic E-state index is 0.491. The summed E-state index contributed by atoms with van der Waals surface area (Å²) in [5.41, 5.74) is 3.60. The molecule has 1 N–H and O–H groups in total. The van der Waals surface area contributed by atoms with Crippen LogP contribution in [0.25, 0.3) is 0 Å². The predicted molar refractivity (Wildman–Crippen MR) is 68.7 cm³/mol. The number of rotatable bonds is 5. The van der Waals surface area contributed by atoms with E-state index < -0.39 is 0 Å². The minimum Gasteiger partial charge on any atom is -0.316 e. The van der Waals surface area contributed by atoms with E-state index in [1.165, 1.54) is 38.2 Å². The second kappa shape index (κ2) is 5.25. The fourth-order valence-electron chi connectivity index (χ4n) is 2.56. The molecule has 1 aromatic heterocycles. The minimum atomic E-state index is 0.491. The molecule has 1 saturated heterocycles. The first kappa shape index (κ1) is 12.0. The van der Waals surface area contributed by atoms with Crippen LogP contribution in [0.3, 0.4) is 0 Å². The normalized spacial score (nSPS) is 25.4. The molecule has 1 unspecified atom stereocenters. The third-order valence-electron chi connectivity index (χ3n) is 3.60. The van der Waals surface area contributed by atoms with Crippen LogP contribution in [-0.4, -0.2) is 36.6 Å². The number of hydrogen-bond donors (Lipinski definition) is 1. The second-order valence-electron chi connectivity index (χ2n) is 4.93. The topological polar surface area (TPSA) is 28.2 Å². The fraction of sp³-hybridized carbons (Fsp3) is 0.750. The molecule has 0 bridgehead atoms. The van der Waals surface area contributed by atoms with E-state index in [2.05, 4.69) is 34.6 Å². The van der Waals surface area contributed by atoms with Crippen molar-refractivity contribution < 1.29 is 0 Å². The molecule has 1 aliphatic rings. The third-order valence-corrected chi connectivity index (χ3v) is 4.24. The van der Waals surface area contributed by atoms with Gasteiger partial charge in [0.25, 0.3) is 0 Å². The second-order valence-corrected chi connectivity index (χ2v) is 5.65. The van der Waals surface area contributed by atoms with E-state index in [0.29, 0.717) is 5.41 Å². The fourth-order valence-corrected chi connectivity index (χ4v) is 3.11. The van der Waals surface area contributed by atoms with Crippen LogP contribution in [0.1, 0.15) is 25.5 Å². The molecule has 0 aliphatic carbocycles. The summed E-state index contributed by atoms with van der Waals surface area (Å²) in [5, 5.41) is 5.63. The molecule has 1 atom stereocenters. The standard InChI is InChI=1S/C12H21N3S/c1-3-12(4-5-13-8-12)9-15(2)6-11-7-16-10-14-11/h7,10,13H,3-6,8-9H2,1-2H3. The SMILES string of the molecule is CCC1(CN(C)Cc2cscn2)CCNC1. The van der Waals surface area contributed by atoms with Crippen LogP contribution >= 0.6 is 11.3 Å². The summed E-state index contributed by atoms with van der Waals surface area (Å²) in [7, 11) is 2.20. The Balaban J connectivity index is 1.88. The molecule has 1 aromatic rings. The zero-order valence-corrected chi connectivity index (χ0v) is 11.0. The van der Waals surface area contributed by atoms with Crippen molar-refractivity contribution in [1.29, 1.82) is 0 Å². The molecular formula is C12H21N3S. The van der Waals surface area contributed by atoms with Crippen LogP contribution in [0.5, 0.6) is 0 Å². The molecule has 3 nitrogen and oxygen atoms in total. The van der Waals surface area contributed by atoms with Crippen LogP contribution in [-0.2, 0) is 6.54 Å². The first-order valence-corrected chi connectivity index (χ1v) is 6.95. The molecule has 0 saturated carbocycles. The van der Waals surface area contributed by atoms with Gasteiger partial charge < -0.3 is 5.32 Å². The van der Waals surface area contributed by atoms with Crippen molar-refractivity contribution in [3.05, 3.63) is 16.6 Å². The van der Waals surface area contributed by atoms with Crippen LogP contribution in [0.15, 0.2) is 10.9 Å². The predicted octanol–water partition coefficient (Wildman–Crippen LogP) is 1.96. The monoisotopic (exact) mass is 239 g/mol. The van der Waals surface area contributed by atoms with Crippen LogP contribution in [0.2, 0.25) is 0 Å². The molecule has 2 heterocycles. The molecule has 0 amide bonds. The summed E-state index contributed by atoms with van der Waals surface area (Å²) < 4.78 is 0. The first-order chi connectivity index (χ1) is 7.74. The van der Waals surface area contributed by atoms with Crippen molar-refractivity contribution in [2.75, 3.05) is 26.7 Å². The zero-order chi connectivity index (χ0) is 11.4. The lowest BCUT2D eigenvalue weighted by Gasteiger charge is -2.31. The Labute approximate surface area is 102 Å². The van der Waals surface area contributed by atoms with Crippen molar-refractivity contribution in [3.63, 3.8) is 0 Å². The van der Waals surface area contributed by atoms with Gasteiger partial charge in [0.1, 0.15) is 0 Å². The van der Waals surface area contributed by atoms with E-state index in [1.54, 1.807) is 11.3 Å². The molecule has 90 valence electrons. The van der Waals surface area contributed by atoms with Gasteiger partial charge in [0, 0.05) is 25.0 Å². The van der Waals surface area contributed by atoms with Gasteiger partial charge in [-0.2, -0.15) is 0 Å². The number of nitrogens with zero attached hydrogens (tertiary/aromatic N) is 2. The third kappa shape index (κ3) is 2.81. The van der Waals surface area contributed by atoms with Gasteiger partial charge in [0.2, 0.25) is 0 Å². The Morgan fingerprint density at radius 3 is 3.06 bits per heavy atom. The van der Waals surface area contributed by atoms with Gasteiger partial charge in [-0.3, -0.25) is 4.90 Å². The van der Waals surface area contributed by atoms with E-state index >= 15 is 0 Å². The number of hydrogen-bond acceptors (Lipinski definition) is 4. The highest BCUT2D eigenvalue weighted by atomic mass is 32.1. The van der Waals surface area contributed by atoms with Gasteiger partial charge in [-0.15, -0.1) is 11.3 Å². The Morgan fingerprint density at radius 2 is 2.50 bits per heavy atom. The van der Waals surface area contributed by atoms with E-state index in [-0.39, 0.29) is 0 Å². The largest absolute Gasteiger partial charge is 0.316 e. The molecule has 2 rings (SSSR count). The van der Waals surface area contributed by atoms with Gasteiger partial charge >= 0.3 is 0 Å². The summed E-state index contributed by atoms with van der Waals surface area (Å²) in [6.07, 6.45) is 2.58. The number of thiazole rings is 1. The van der Waals surface area contributed by atoms with Crippen LogP contribution in [0.4, 0.5) is 0 Å². The van der Waals surface area contributed by atoms with E-state index in [1.807, 2.05) is 5.51 Å². The van der Waals surface area contributed by atoms with E-state index in [0.717, 1.165) is 6.54 Å². The lowest BCUT2D eigenvalue weighted by molar-refractivity contribution is 0.178. The van der Waals surface area contributed by atoms with Crippen molar-refractivity contribution in [1.82, 2.24) is 15.2 Å². The van der Waals surface area contributed by atoms with Crippen molar-refractivity contribution in [2.24, 2.45) is 5.41 Å². The molecule has 1 aliphatic heterocycles. The maximum atomic E-state index is 4.34. The summed E-state index contributed by atoms with van der Waals surface area (Å²) in [6, 6.07) is 0. The Hall–Kier alpha value is -0.450. The number of aromatic nitrogens is 1. The lowest BCUT2D eigenvalue weighted by atomic mass is 9.84. The maximum absolute atomic E-state index is 4.34. The van der Waals surface area contributed by atoms with Gasteiger partial charge in [0.15, 0.2) is 0 Å². The summed E-state index contributed by atoms with van der Waals surface area (Å²) >= 11 is 1.68. The van der Waals surface area contributed by atoms with Crippen molar-refractivity contribution >= 4 is 11.3 Å². The Morgan fingerprint density at radius 1 is 1.62 bits per heavy atom. The highest BCUT2D eigenvalue weighted by Crippen LogP contribution is 2.30. The van der Waals surface area contributed by atoms with Crippen LogP contribution < -0.4 is 5.32 Å². The molecule has 0 aromatic carbocycles. The summed E-state index contributed by atoms with van der Waals surface area (Å²) in [4.78, 5) is 6.75. The molecule has 0 spiro atoms. The van der Waals surface area contributed by atoms with Crippen molar-refractivity contribution in [2.45, 2.75) is 26.3 Å². The van der Waals surface area contributed by atoms with Crippen molar-refractivity contribution in [3.8, 4) is 0 Å². The van der Waals surface area contributed by atoms with Gasteiger partial charge in [-0.05, 0) is 31.8 Å². The van der Waals surface area contributed by atoms with Gasteiger partial charge in [0.05, 0.1) is 11.2 Å². The summed E-state index contributed by atoms with van der Waals surface area (Å²) in [6.45, 7) is 6.81. The highest BCUT2D eigenvalue weighted by Gasteiger charge is 2.32. The molecule has 0 radical (unpaired) electrons. The quantitative estimate of drug-likeness (QED) is 0.851. The maximum Gasteiger partial charge on any atom is 0.0795 e.